The number of ketones is 1. The van der Waals surface area contributed by atoms with Crippen LogP contribution in [0, 0.1) is 0 Å². The maximum atomic E-state index is 11.4. The Balaban J connectivity index is 2.61. The lowest BCUT2D eigenvalue weighted by molar-refractivity contribution is -0.136. The van der Waals surface area contributed by atoms with Crippen LogP contribution in [0.2, 0.25) is 5.02 Å². The molecule has 0 radical (unpaired) electrons. The number of likely N-dealkylation sites (N-methyl/N-ethyl adjacent to an activating group) is 1. The van der Waals surface area contributed by atoms with Crippen LogP contribution in [0.4, 0.5) is 5.69 Å². The van der Waals surface area contributed by atoms with Crippen molar-refractivity contribution in [1.82, 2.24) is 0 Å². The highest BCUT2D eigenvalue weighted by Crippen LogP contribution is 2.33. The Kier molecular flexibility index (Phi) is 2.56. The Morgan fingerprint density at radius 3 is 2.73 bits per heavy atom. The first-order valence-electron chi connectivity index (χ1n) is 4.29. The molecule has 1 aliphatic rings. The summed E-state index contributed by atoms with van der Waals surface area (Å²) in [5.41, 5.74) is 1.52. The standard InChI is InChI=1S/C10H7BrClNO2/c1-13-8-4-6(11)7(12)2-5(8)3-9(14)10(13)15/h2,4H,3H2,1H3. The quantitative estimate of drug-likeness (QED) is 0.686. The molecule has 2 rings (SSSR count). The summed E-state index contributed by atoms with van der Waals surface area (Å²) >= 11 is 9.20. The molecule has 1 aromatic rings. The van der Waals surface area contributed by atoms with Crippen molar-refractivity contribution in [3.8, 4) is 0 Å². The van der Waals surface area contributed by atoms with Gasteiger partial charge in [0, 0.05) is 23.6 Å². The van der Waals surface area contributed by atoms with Gasteiger partial charge < -0.3 is 4.90 Å². The van der Waals surface area contributed by atoms with Gasteiger partial charge in [0.05, 0.1) is 5.02 Å². The normalized spacial score (nSPS) is 15.5. The topological polar surface area (TPSA) is 37.4 Å². The number of benzene rings is 1. The zero-order valence-corrected chi connectivity index (χ0v) is 10.2. The van der Waals surface area contributed by atoms with Gasteiger partial charge in [0.2, 0.25) is 5.78 Å². The maximum Gasteiger partial charge on any atom is 0.294 e. The van der Waals surface area contributed by atoms with Crippen molar-refractivity contribution in [3.63, 3.8) is 0 Å². The van der Waals surface area contributed by atoms with Crippen LogP contribution in [0.5, 0.6) is 0 Å². The van der Waals surface area contributed by atoms with Gasteiger partial charge in [-0.05, 0) is 33.6 Å². The Bertz CT molecular complexity index is 473. The molecule has 1 aliphatic heterocycles. The zero-order valence-electron chi connectivity index (χ0n) is 7.88. The predicted octanol–water partition coefficient (Wildman–Crippen LogP) is 2.19. The van der Waals surface area contributed by atoms with Crippen molar-refractivity contribution in [2.24, 2.45) is 0 Å². The van der Waals surface area contributed by atoms with Crippen LogP contribution < -0.4 is 4.90 Å². The Morgan fingerprint density at radius 2 is 2.07 bits per heavy atom. The lowest BCUT2D eigenvalue weighted by atomic mass is 10.0. The number of hydrogen-bond acceptors (Lipinski definition) is 2. The lowest BCUT2D eigenvalue weighted by Gasteiger charge is -2.25. The Labute approximate surface area is 100 Å². The summed E-state index contributed by atoms with van der Waals surface area (Å²) in [7, 11) is 1.58. The molecule has 15 heavy (non-hydrogen) atoms. The molecule has 3 nitrogen and oxygen atoms in total. The average Bonchev–Trinajstić information content (AvgIpc) is 2.19. The molecule has 5 heteroatoms. The highest BCUT2D eigenvalue weighted by atomic mass is 79.9. The van der Waals surface area contributed by atoms with Crippen LogP contribution >= 0.6 is 27.5 Å². The number of anilines is 1. The molecule has 0 aromatic heterocycles. The van der Waals surface area contributed by atoms with E-state index in [2.05, 4.69) is 15.9 Å². The van der Waals surface area contributed by atoms with Crippen LogP contribution in [0.1, 0.15) is 5.56 Å². The van der Waals surface area contributed by atoms with E-state index in [0.717, 1.165) is 15.7 Å². The fraction of sp³-hybridized carbons (Fsp3) is 0.200. The molecular weight excluding hydrogens is 281 g/mol. The van der Waals surface area contributed by atoms with Crippen LogP contribution in [0.3, 0.4) is 0 Å². The first-order valence-corrected chi connectivity index (χ1v) is 5.46. The van der Waals surface area contributed by atoms with Gasteiger partial charge in [-0.25, -0.2) is 0 Å². The monoisotopic (exact) mass is 287 g/mol. The second-order valence-corrected chi connectivity index (χ2v) is 4.62. The smallest absolute Gasteiger partial charge is 0.294 e. The molecule has 1 amide bonds. The van der Waals surface area contributed by atoms with E-state index in [0.29, 0.717) is 5.02 Å². The number of Topliss-reactive ketones (excluding diaryl/α,β-unsaturated/α-hetero) is 1. The van der Waals surface area contributed by atoms with Crippen LogP contribution in [0.15, 0.2) is 16.6 Å². The predicted molar refractivity (Wildman–Crippen MR) is 61.3 cm³/mol. The Hall–Kier alpha value is -0.870. The molecule has 0 saturated heterocycles. The third-order valence-corrected chi connectivity index (χ3v) is 3.57. The van der Waals surface area contributed by atoms with Crippen molar-refractivity contribution >= 4 is 44.9 Å². The van der Waals surface area contributed by atoms with Crippen LogP contribution in [-0.2, 0) is 16.0 Å². The number of fused-ring (bicyclic) bond motifs is 1. The summed E-state index contributed by atoms with van der Waals surface area (Å²) < 4.78 is 0.719. The molecule has 0 atom stereocenters. The van der Waals surface area contributed by atoms with Crippen molar-refractivity contribution in [1.29, 1.82) is 0 Å². The first kappa shape index (κ1) is 10.6. The first-order chi connectivity index (χ1) is 7.00. The SMILES string of the molecule is CN1C(=O)C(=O)Cc2cc(Cl)c(Br)cc21. The largest absolute Gasteiger partial charge is 0.309 e. The van der Waals surface area contributed by atoms with Gasteiger partial charge in [-0.2, -0.15) is 0 Å². The molecule has 1 heterocycles. The van der Waals surface area contributed by atoms with Gasteiger partial charge >= 0.3 is 0 Å². The van der Waals surface area contributed by atoms with E-state index in [1.54, 1.807) is 19.2 Å². The highest BCUT2D eigenvalue weighted by molar-refractivity contribution is 9.10. The summed E-state index contributed by atoms with van der Waals surface area (Å²) in [5, 5.41) is 0.546. The van der Waals surface area contributed by atoms with Gasteiger partial charge in [0.15, 0.2) is 0 Å². The molecule has 78 valence electrons. The minimum Gasteiger partial charge on any atom is -0.309 e. The van der Waals surface area contributed by atoms with Gasteiger partial charge in [-0.1, -0.05) is 11.6 Å². The molecule has 0 aliphatic carbocycles. The molecule has 1 aromatic carbocycles. The second kappa shape index (κ2) is 3.61. The fourth-order valence-electron chi connectivity index (χ4n) is 1.58. The van der Waals surface area contributed by atoms with E-state index in [9.17, 15) is 9.59 Å². The molecule has 0 bridgehead atoms. The summed E-state index contributed by atoms with van der Waals surface area (Å²) in [5.74, 6) is -0.875. The van der Waals surface area contributed by atoms with Crippen molar-refractivity contribution in [3.05, 3.63) is 27.2 Å². The van der Waals surface area contributed by atoms with E-state index < -0.39 is 11.7 Å². The van der Waals surface area contributed by atoms with Gasteiger partial charge in [0.25, 0.3) is 5.91 Å². The summed E-state index contributed by atoms with van der Waals surface area (Å²) in [4.78, 5) is 24.1. The van der Waals surface area contributed by atoms with Crippen molar-refractivity contribution in [2.45, 2.75) is 6.42 Å². The third-order valence-electron chi connectivity index (χ3n) is 2.38. The highest BCUT2D eigenvalue weighted by Gasteiger charge is 2.28. The summed E-state index contributed by atoms with van der Waals surface area (Å²) in [6.07, 6.45) is 0.130. The van der Waals surface area contributed by atoms with Crippen molar-refractivity contribution in [2.75, 3.05) is 11.9 Å². The molecule has 0 N–H and O–H groups in total. The molecular formula is C10H7BrClNO2. The lowest BCUT2D eigenvalue weighted by Crippen LogP contribution is -2.38. The average molecular weight is 289 g/mol. The number of hydrogen-bond donors (Lipinski definition) is 0. The number of nitrogens with zero attached hydrogens (tertiary/aromatic N) is 1. The van der Waals surface area contributed by atoms with Crippen molar-refractivity contribution < 1.29 is 9.59 Å². The maximum absolute atomic E-state index is 11.4. The third kappa shape index (κ3) is 1.68. The minimum atomic E-state index is -0.475. The second-order valence-electron chi connectivity index (χ2n) is 3.36. The number of carbonyl (C=O) groups excluding carboxylic acids is 2. The number of rotatable bonds is 0. The van der Waals surface area contributed by atoms with Gasteiger partial charge in [0.1, 0.15) is 0 Å². The van der Waals surface area contributed by atoms with E-state index in [1.807, 2.05) is 0 Å². The van der Waals surface area contributed by atoms with E-state index in [-0.39, 0.29) is 6.42 Å². The molecule has 0 unspecified atom stereocenters. The Morgan fingerprint density at radius 1 is 1.40 bits per heavy atom. The summed E-state index contributed by atoms with van der Waals surface area (Å²) in [6, 6.07) is 3.46. The number of halogens is 2. The van der Waals surface area contributed by atoms with E-state index >= 15 is 0 Å². The fourth-order valence-corrected chi connectivity index (χ4v) is 2.09. The minimum absolute atomic E-state index is 0.130. The van der Waals surface area contributed by atoms with Crippen LogP contribution in [-0.4, -0.2) is 18.7 Å². The number of amides is 1. The zero-order chi connectivity index (χ0) is 11.2. The van der Waals surface area contributed by atoms with Gasteiger partial charge in [-0.15, -0.1) is 0 Å². The molecule has 0 spiro atoms. The van der Waals surface area contributed by atoms with Gasteiger partial charge in [-0.3, -0.25) is 9.59 Å². The van der Waals surface area contributed by atoms with E-state index in [1.165, 1.54) is 4.90 Å². The summed E-state index contributed by atoms with van der Waals surface area (Å²) in [6.45, 7) is 0. The van der Waals surface area contributed by atoms with E-state index in [4.69, 9.17) is 11.6 Å². The van der Waals surface area contributed by atoms with Crippen LogP contribution in [0.25, 0.3) is 0 Å². The molecule has 0 saturated carbocycles. The number of carbonyl (C=O) groups is 2. The molecule has 0 fully saturated rings.